The summed E-state index contributed by atoms with van der Waals surface area (Å²) in [7, 11) is 0. The van der Waals surface area contributed by atoms with E-state index in [9.17, 15) is 24.3 Å². The third-order valence-corrected chi connectivity index (χ3v) is 15.8. The minimum atomic E-state index is -1.16. The van der Waals surface area contributed by atoms with E-state index in [-0.39, 0.29) is 57.7 Å². The highest BCUT2D eigenvalue weighted by Gasteiger charge is 2.69. The van der Waals surface area contributed by atoms with Gasteiger partial charge >= 0.3 is 11.9 Å². The van der Waals surface area contributed by atoms with Gasteiger partial charge in [-0.15, -0.1) is 0 Å². The molecule has 0 aromatic carbocycles. The van der Waals surface area contributed by atoms with Crippen LogP contribution >= 0.6 is 0 Å². The minimum Gasteiger partial charge on any atom is -0.481 e. The number of carboxylic acid groups (broad SMARTS) is 1. The molecule has 0 spiro atoms. The fourth-order valence-electron chi connectivity index (χ4n) is 12.9. The molecule has 1 heterocycles. The molecule has 274 valence electrons. The molecule has 4 saturated carbocycles. The average Bonchev–Trinajstić information content (AvgIpc) is 3.63. The maximum absolute atomic E-state index is 14.4. The molecule has 9 atom stereocenters. The Hall–Kier alpha value is -2.22. The number of esters is 1. The molecule has 8 nitrogen and oxygen atoms in total. The van der Waals surface area contributed by atoms with E-state index >= 15 is 0 Å². The van der Waals surface area contributed by atoms with E-state index in [0.717, 1.165) is 70.8 Å². The van der Waals surface area contributed by atoms with E-state index in [1.165, 1.54) is 11.1 Å². The molecule has 0 radical (unpaired) electrons. The number of aliphatic carboxylic acids is 1. The van der Waals surface area contributed by atoms with Crippen LogP contribution in [0, 0.1) is 56.2 Å². The number of carboxylic acids is 1. The van der Waals surface area contributed by atoms with E-state index < -0.39 is 22.8 Å². The maximum atomic E-state index is 14.4. The number of hydrogen-bond acceptors (Lipinski definition) is 6. The van der Waals surface area contributed by atoms with Crippen molar-refractivity contribution in [3.63, 3.8) is 0 Å². The molecule has 0 aromatic rings. The van der Waals surface area contributed by atoms with Crippen LogP contribution in [-0.2, 0) is 23.9 Å². The molecule has 6 rings (SSSR count). The lowest BCUT2D eigenvalue weighted by atomic mass is 9.34. The van der Waals surface area contributed by atoms with Crippen molar-refractivity contribution in [2.75, 3.05) is 13.1 Å². The number of Topliss-reactive ketones (excluding diaryl/α,β-unsaturated/α-hetero) is 1. The number of fused-ring (bicyclic) bond motifs is 6. The fraction of sp³-hybridized carbons (Fsp3) is 0.854. The van der Waals surface area contributed by atoms with Crippen LogP contribution in [0.2, 0.25) is 0 Å². The Labute approximate surface area is 294 Å². The highest BCUT2D eigenvalue weighted by atomic mass is 16.5. The molecule has 5 aliphatic carbocycles. The van der Waals surface area contributed by atoms with Crippen molar-refractivity contribution in [1.82, 2.24) is 10.6 Å². The van der Waals surface area contributed by atoms with Gasteiger partial charge in [-0.05, 0) is 124 Å². The van der Waals surface area contributed by atoms with Crippen LogP contribution in [0.5, 0.6) is 0 Å². The minimum absolute atomic E-state index is 0.0213. The predicted molar refractivity (Wildman–Crippen MR) is 189 cm³/mol. The van der Waals surface area contributed by atoms with Crippen LogP contribution in [0.1, 0.15) is 139 Å². The van der Waals surface area contributed by atoms with Gasteiger partial charge < -0.3 is 20.5 Å². The second kappa shape index (κ2) is 12.2. The van der Waals surface area contributed by atoms with Crippen molar-refractivity contribution in [2.24, 2.45) is 56.2 Å². The summed E-state index contributed by atoms with van der Waals surface area (Å²) in [4.78, 5) is 53.0. The zero-order valence-electron chi connectivity index (χ0n) is 31.9. The van der Waals surface area contributed by atoms with Gasteiger partial charge in [0.25, 0.3) is 0 Å². The molecule has 1 saturated heterocycles. The van der Waals surface area contributed by atoms with Crippen LogP contribution in [0.3, 0.4) is 0 Å². The summed E-state index contributed by atoms with van der Waals surface area (Å²) in [6, 6.07) is 0.313. The van der Waals surface area contributed by atoms with E-state index in [4.69, 9.17) is 4.74 Å². The van der Waals surface area contributed by atoms with Crippen molar-refractivity contribution in [3.8, 4) is 0 Å². The first kappa shape index (κ1) is 36.6. The van der Waals surface area contributed by atoms with Gasteiger partial charge in [0.15, 0.2) is 0 Å². The van der Waals surface area contributed by atoms with Gasteiger partial charge in [0.1, 0.15) is 11.9 Å². The Balaban J connectivity index is 1.30. The third-order valence-electron chi connectivity index (χ3n) is 15.8. The number of amides is 1. The average molecular weight is 681 g/mol. The predicted octanol–water partition coefficient (Wildman–Crippen LogP) is 7.25. The van der Waals surface area contributed by atoms with Crippen LogP contribution in [-0.4, -0.2) is 54.0 Å². The fourth-order valence-corrected chi connectivity index (χ4v) is 12.9. The van der Waals surface area contributed by atoms with Gasteiger partial charge in [0.05, 0.1) is 17.3 Å². The molecule has 49 heavy (non-hydrogen) atoms. The zero-order chi connectivity index (χ0) is 35.9. The lowest BCUT2D eigenvalue weighted by Gasteiger charge is -2.70. The summed E-state index contributed by atoms with van der Waals surface area (Å²) in [5.41, 5.74) is 0.491. The first-order valence-electron chi connectivity index (χ1n) is 19.5. The molecule has 1 aliphatic heterocycles. The summed E-state index contributed by atoms with van der Waals surface area (Å²) in [5, 5.41) is 16.4. The normalized spacial score (nSPS) is 41.4. The van der Waals surface area contributed by atoms with Gasteiger partial charge in [-0.2, -0.15) is 0 Å². The zero-order valence-corrected chi connectivity index (χ0v) is 31.9. The number of hydrogen-bond donors (Lipinski definition) is 3. The largest absolute Gasteiger partial charge is 0.481 e. The Morgan fingerprint density at radius 1 is 0.980 bits per heavy atom. The molecule has 6 aliphatic rings. The molecule has 0 aromatic heterocycles. The first-order chi connectivity index (χ1) is 22.7. The first-order valence-corrected chi connectivity index (χ1v) is 19.5. The highest BCUT2D eigenvalue weighted by Crippen LogP contribution is 2.76. The standard InChI is InChI=1S/C41H64N2O6/c1-24(2)32-27(44)21-41(34(46)43-23-25-11-10-20-42-25)19-18-39(8)26(33(32)41)12-13-29-38(7)16-15-30(49-31(45)22-36(3,4)35(47)48)37(5,6)28(38)14-17-40(29,39)9/h24-25,28-30,32,42H,10-23H2,1-9H3,(H,43,46)(H,47,48)/t25-,28?,29?,30+,32?,38+,39-,40-,41-/m1/s1. The second-order valence-corrected chi connectivity index (χ2v) is 19.5. The lowest BCUT2D eigenvalue weighted by molar-refractivity contribution is -0.214. The molecule has 8 heteroatoms. The molecule has 3 N–H and O–H groups in total. The summed E-state index contributed by atoms with van der Waals surface area (Å²) in [6.45, 7) is 21.2. The van der Waals surface area contributed by atoms with E-state index in [1.807, 2.05) is 0 Å². The van der Waals surface area contributed by atoms with Crippen LogP contribution in [0.4, 0.5) is 0 Å². The summed E-state index contributed by atoms with van der Waals surface area (Å²) in [6.07, 6.45) is 9.68. The number of allylic oxidation sites excluding steroid dienone is 1. The number of carbonyl (C=O) groups is 4. The summed E-state index contributed by atoms with van der Waals surface area (Å²) >= 11 is 0. The van der Waals surface area contributed by atoms with Crippen molar-refractivity contribution >= 4 is 23.6 Å². The van der Waals surface area contributed by atoms with E-state index in [2.05, 4.69) is 59.1 Å². The molecule has 5 fully saturated rings. The second-order valence-electron chi connectivity index (χ2n) is 19.5. The number of carbonyl (C=O) groups excluding carboxylic acids is 3. The molecule has 3 unspecified atom stereocenters. The molecular formula is C41H64N2O6. The van der Waals surface area contributed by atoms with Crippen molar-refractivity contribution in [3.05, 3.63) is 11.1 Å². The monoisotopic (exact) mass is 680 g/mol. The number of nitrogens with one attached hydrogen (secondary N) is 2. The molecule has 0 bridgehead atoms. The summed E-state index contributed by atoms with van der Waals surface area (Å²) < 4.78 is 6.15. The van der Waals surface area contributed by atoms with Crippen LogP contribution in [0.25, 0.3) is 0 Å². The van der Waals surface area contributed by atoms with Crippen molar-refractivity contribution in [1.29, 1.82) is 0 Å². The van der Waals surface area contributed by atoms with Gasteiger partial charge in [-0.3, -0.25) is 19.2 Å². The van der Waals surface area contributed by atoms with Crippen molar-refractivity contribution < 1.29 is 29.0 Å². The van der Waals surface area contributed by atoms with Crippen molar-refractivity contribution in [2.45, 2.75) is 152 Å². The Bertz CT molecular complexity index is 1420. The Morgan fingerprint density at radius 2 is 1.69 bits per heavy atom. The van der Waals surface area contributed by atoms with E-state index in [1.54, 1.807) is 13.8 Å². The lowest BCUT2D eigenvalue weighted by Crippen LogP contribution is -2.64. The Morgan fingerprint density at radius 3 is 2.33 bits per heavy atom. The van der Waals surface area contributed by atoms with Crippen LogP contribution in [0.15, 0.2) is 11.1 Å². The maximum Gasteiger partial charge on any atom is 0.309 e. The summed E-state index contributed by atoms with van der Waals surface area (Å²) in [5.74, 6) is -0.281. The van der Waals surface area contributed by atoms with E-state index in [0.29, 0.717) is 30.8 Å². The third kappa shape index (κ3) is 5.46. The quantitative estimate of drug-likeness (QED) is 0.182. The number of ether oxygens (including phenoxy) is 1. The topological polar surface area (TPSA) is 122 Å². The van der Waals surface area contributed by atoms with Gasteiger partial charge in [-0.25, -0.2) is 0 Å². The molecule has 1 amide bonds. The van der Waals surface area contributed by atoms with Gasteiger partial charge in [0.2, 0.25) is 5.91 Å². The van der Waals surface area contributed by atoms with Gasteiger partial charge in [0, 0.05) is 30.3 Å². The molecular weight excluding hydrogens is 616 g/mol. The number of rotatable bonds is 8. The smallest absolute Gasteiger partial charge is 0.309 e. The van der Waals surface area contributed by atoms with Crippen LogP contribution < -0.4 is 10.6 Å². The number of ketones is 1. The Kier molecular flexibility index (Phi) is 9.10. The highest BCUT2D eigenvalue weighted by molar-refractivity contribution is 6.00. The van der Waals surface area contributed by atoms with Gasteiger partial charge in [-0.1, -0.05) is 54.0 Å². The SMILES string of the molecule is CC(C)C1C(=O)C[C@]2(C(=O)NC[C@H]3CCCN3)CC[C@]3(C)C(=C12)CCC1[C@@]2(C)CC[C@H](OC(=O)CC(C)(C)C(=O)O)C(C)(C)C2CC[C@]13C.